The van der Waals surface area contributed by atoms with Gasteiger partial charge in [-0.25, -0.2) is 0 Å². The van der Waals surface area contributed by atoms with Gasteiger partial charge in [-0.15, -0.1) is 11.3 Å². The Kier molecular flexibility index (Phi) is 3.43. The lowest BCUT2D eigenvalue weighted by Gasteiger charge is -2.14. The zero-order chi connectivity index (χ0) is 12.5. The molecule has 1 amide bonds. The van der Waals surface area contributed by atoms with Gasteiger partial charge in [0.2, 0.25) is 0 Å². The van der Waals surface area contributed by atoms with Crippen LogP contribution in [0.5, 0.6) is 0 Å². The highest BCUT2D eigenvalue weighted by atomic mass is 32.1. The van der Waals surface area contributed by atoms with Crippen molar-refractivity contribution >= 4 is 22.9 Å². The summed E-state index contributed by atoms with van der Waals surface area (Å²) < 4.78 is 0. The molecule has 0 radical (unpaired) electrons. The molecule has 1 aliphatic carbocycles. The Balaban J connectivity index is 1.89. The molecule has 17 heavy (non-hydrogen) atoms. The molecule has 1 aromatic rings. The van der Waals surface area contributed by atoms with E-state index in [2.05, 4.69) is 12.2 Å². The number of amides is 1. The van der Waals surface area contributed by atoms with Gasteiger partial charge in [0.15, 0.2) is 0 Å². The fourth-order valence-electron chi connectivity index (χ4n) is 2.19. The lowest BCUT2D eigenvalue weighted by atomic mass is 10.0. The molecule has 1 fully saturated rings. The molecule has 1 heterocycles. The number of nitrogens with one attached hydrogen (secondary N) is 1. The Bertz CT molecular complexity index is 402. The summed E-state index contributed by atoms with van der Waals surface area (Å²) in [5.41, 5.74) is 6.87. The summed E-state index contributed by atoms with van der Waals surface area (Å²) in [6.07, 6.45) is 4.93. The molecule has 0 aromatic carbocycles. The van der Waals surface area contributed by atoms with E-state index in [1.165, 1.54) is 37.0 Å². The minimum atomic E-state index is 0.0252. The first kappa shape index (κ1) is 12.4. The Morgan fingerprint density at radius 2 is 2.29 bits per heavy atom. The molecule has 0 atom stereocenters. The monoisotopic (exact) mass is 252 g/mol. The van der Waals surface area contributed by atoms with Crippen molar-refractivity contribution in [2.24, 2.45) is 5.41 Å². The van der Waals surface area contributed by atoms with Crippen LogP contribution < -0.4 is 11.1 Å². The molecule has 1 saturated carbocycles. The van der Waals surface area contributed by atoms with Crippen molar-refractivity contribution in [3.63, 3.8) is 0 Å². The molecule has 94 valence electrons. The van der Waals surface area contributed by atoms with Crippen molar-refractivity contribution in [2.75, 3.05) is 12.3 Å². The number of nitrogen functional groups attached to an aromatic ring is 1. The molecule has 3 nitrogen and oxygen atoms in total. The van der Waals surface area contributed by atoms with Crippen LogP contribution in [0.1, 0.15) is 47.2 Å². The highest BCUT2D eigenvalue weighted by Crippen LogP contribution is 2.48. The fraction of sp³-hybridized carbons (Fsp3) is 0.615. The van der Waals surface area contributed by atoms with E-state index in [1.807, 2.05) is 6.92 Å². The maximum atomic E-state index is 11.9. The zero-order valence-electron chi connectivity index (χ0n) is 10.5. The second kappa shape index (κ2) is 4.69. The summed E-state index contributed by atoms with van der Waals surface area (Å²) in [5, 5.41) is 3.04. The topological polar surface area (TPSA) is 55.1 Å². The molecular formula is C13H20N2OS. The van der Waals surface area contributed by atoms with E-state index in [-0.39, 0.29) is 5.91 Å². The van der Waals surface area contributed by atoms with E-state index in [4.69, 9.17) is 5.73 Å². The first-order valence-electron chi connectivity index (χ1n) is 6.20. The average molecular weight is 252 g/mol. The molecule has 3 N–H and O–H groups in total. The van der Waals surface area contributed by atoms with Crippen molar-refractivity contribution < 1.29 is 4.79 Å². The molecular weight excluding hydrogens is 232 g/mol. The van der Waals surface area contributed by atoms with Crippen LogP contribution in [0.25, 0.3) is 0 Å². The molecule has 1 aliphatic rings. The third-order valence-electron chi connectivity index (χ3n) is 3.54. The van der Waals surface area contributed by atoms with Crippen LogP contribution in [0.2, 0.25) is 0 Å². The largest absolute Gasteiger partial charge is 0.398 e. The number of hydrogen-bond acceptors (Lipinski definition) is 3. The predicted octanol–water partition coefficient (Wildman–Crippen LogP) is 2.95. The van der Waals surface area contributed by atoms with Crippen molar-refractivity contribution in [1.29, 1.82) is 0 Å². The van der Waals surface area contributed by atoms with Crippen molar-refractivity contribution in [1.82, 2.24) is 5.32 Å². The number of hydrogen-bond donors (Lipinski definition) is 2. The van der Waals surface area contributed by atoms with Gasteiger partial charge < -0.3 is 11.1 Å². The van der Waals surface area contributed by atoms with Crippen molar-refractivity contribution in [3.8, 4) is 0 Å². The summed E-state index contributed by atoms with van der Waals surface area (Å²) in [4.78, 5) is 13.7. The normalized spacial score (nSPS) is 16.8. The third kappa shape index (κ3) is 2.80. The highest BCUT2D eigenvalue weighted by molar-refractivity contribution is 7.14. The lowest BCUT2D eigenvalue weighted by molar-refractivity contribution is 0.0948. The first-order valence-corrected chi connectivity index (χ1v) is 7.02. The van der Waals surface area contributed by atoms with Crippen LogP contribution in [-0.4, -0.2) is 12.5 Å². The van der Waals surface area contributed by atoms with Crippen molar-refractivity contribution in [3.05, 3.63) is 15.8 Å². The van der Waals surface area contributed by atoms with Crippen LogP contribution >= 0.6 is 11.3 Å². The van der Waals surface area contributed by atoms with Crippen LogP contribution in [0.3, 0.4) is 0 Å². The Morgan fingerprint density at radius 1 is 1.59 bits per heavy atom. The Hall–Kier alpha value is -1.03. The molecule has 0 bridgehead atoms. The van der Waals surface area contributed by atoms with E-state index in [0.29, 0.717) is 5.41 Å². The zero-order valence-corrected chi connectivity index (χ0v) is 11.3. The van der Waals surface area contributed by atoms with Crippen LogP contribution in [0.4, 0.5) is 5.69 Å². The summed E-state index contributed by atoms with van der Waals surface area (Å²) in [6, 6.07) is 1.77. The maximum Gasteiger partial charge on any atom is 0.261 e. The predicted molar refractivity (Wildman–Crippen MR) is 72.4 cm³/mol. The minimum Gasteiger partial charge on any atom is -0.398 e. The van der Waals surface area contributed by atoms with Crippen molar-refractivity contribution in [2.45, 2.75) is 39.5 Å². The third-order valence-corrected chi connectivity index (χ3v) is 4.61. The molecule has 0 unspecified atom stereocenters. The second-order valence-corrected chi connectivity index (χ2v) is 6.31. The number of aryl methyl sites for hydroxylation is 1. The summed E-state index contributed by atoms with van der Waals surface area (Å²) in [6.45, 7) is 4.96. The van der Waals surface area contributed by atoms with Gasteiger partial charge >= 0.3 is 0 Å². The molecule has 4 heteroatoms. The number of anilines is 1. The van der Waals surface area contributed by atoms with Crippen LogP contribution in [-0.2, 0) is 0 Å². The van der Waals surface area contributed by atoms with Gasteiger partial charge in [0.25, 0.3) is 5.91 Å². The van der Waals surface area contributed by atoms with E-state index in [9.17, 15) is 4.79 Å². The van der Waals surface area contributed by atoms with E-state index in [0.717, 1.165) is 22.0 Å². The number of nitrogens with two attached hydrogens (primary N) is 1. The van der Waals surface area contributed by atoms with Gasteiger partial charge in [-0.3, -0.25) is 4.79 Å². The standard InChI is InChI=1S/C13H20N2OS/c1-3-4-13(5-6-13)8-15-12(16)11-7-10(14)9(2)17-11/h7H,3-6,8,14H2,1-2H3,(H,15,16). The Morgan fingerprint density at radius 3 is 2.76 bits per heavy atom. The van der Waals surface area contributed by atoms with E-state index < -0.39 is 0 Å². The SMILES string of the molecule is CCCC1(CNC(=O)c2cc(N)c(C)s2)CC1. The van der Waals surface area contributed by atoms with Crippen LogP contribution in [0.15, 0.2) is 6.07 Å². The molecule has 2 rings (SSSR count). The van der Waals surface area contributed by atoms with Gasteiger partial charge in [0.1, 0.15) is 0 Å². The lowest BCUT2D eigenvalue weighted by Crippen LogP contribution is -2.29. The summed E-state index contributed by atoms with van der Waals surface area (Å²) >= 11 is 1.47. The van der Waals surface area contributed by atoms with Gasteiger partial charge in [-0.2, -0.15) is 0 Å². The highest BCUT2D eigenvalue weighted by Gasteiger charge is 2.41. The quantitative estimate of drug-likeness (QED) is 0.846. The van der Waals surface area contributed by atoms with Gasteiger partial charge in [-0.05, 0) is 37.7 Å². The summed E-state index contributed by atoms with van der Waals surface area (Å²) in [5.74, 6) is 0.0252. The second-order valence-electron chi connectivity index (χ2n) is 5.05. The molecule has 0 saturated heterocycles. The number of carbonyl (C=O) groups excluding carboxylic acids is 1. The van der Waals surface area contributed by atoms with E-state index in [1.54, 1.807) is 6.07 Å². The number of rotatable bonds is 5. The number of thiophene rings is 1. The fourth-order valence-corrected chi connectivity index (χ4v) is 3.04. The summed E-state index contributed by atoms with van der Waals surface area (Å²) in [7, 11) is 0. The maximum absolute atomic E-state index is 11.9. The molecule has 0 spiro atoms. The Labute approximate surface area is 106 Å². The van der Waals surface area contributed by atoms with Crippen LogP contribution in [0, 0.1) is 12.3 Å². The van der Waals surface area contributed by atoms with E-state index >= 15 is 0 Å². The molecule has 0 aliphatic heterocycles. The van der Waals surface area contributed by atoms with Gasteiger partial charge in [0.05, 0.1) is 4.88 Å². The molecule has 1 aromatic heterocycles. The average Bonchev–Trinajstić information content (AvgIpc) is 2.97. The minimum absolute atomic E-state index is 0.0252. The van der Waals surface area contributed by atoms with Gasteiger partial charge in [0, 0.05) is 17.1 Å². The first-order chi connectivity index (χ1) is 8.06. The number of carbonyl (C=O) groups is 1. The van der Waals surface area contributed by atoms with Gasteiger partial charge in [-0.1, -0.05) is 13.3 Å². The smallest absolute Gasteiger partial charge is 0.261 e.